The maximum Gasteiger partial charge on any atom is 0.128 e. The minimum atomic E-state index is 0.0669. The Labute approximate surface area is 91.6 Å². The van der Waals surface area contributed by atoms with Crippen molar-refractivity contribution in [1.29, 1.82) is 0 Å². The first-order valence-corrected chi connectivity index (χ1v) is 5.51. The Bertz CT molecular complexity index is 338. The van der Waals surface area contributed by atoms with Gasteiger partial charge in [-0.15, -0.1) is 0 Å². The summed E-state index contributed by atoms with van der Waals surface area (Å²) >= 11 is 2.34. The first-order valence-electron chi connectivity index (χ1n) is 4.43. The number of benzene rings is 1. The van der Waals surface area contributed by atoms with Crippen LogP contribution in [0.25, 0.3) is 0 Å². The predicted molar refractivity (Wildman–Crippen MR) is 61.0 cm³/mol. The van der Waals surface area contributed by atoms with E-state index in [1.54, 1.807) is 0 Å². The Hall–Kier alpha value is -0.290. The van der Waals surface area contributed by atoms with Crippen LogP contribution in [0.4, 0.5) is 0 Å². The molecule has 1 aliphatic heterocycles. The highest BCUT2D eigenvalue weighted by atomic mass is 127. The summed E-state index contributed by atoms with van der Waals surface area (Å²) in [5.74, 6) is 1.03. The number of hydrogen-bond acceptors (Lipinski definition) is 2. The monoisotopic (exact) mass is 289 g/mol. The van der Waals surface area contributed by atoms with Crippen LogP contribution in [0.2, 0.25) is 0 Å². The van der Waals surface area contributed by atoms with E-state index in [9.17, 15) is 0 Å². The molecule has 2 N–H and O–H groups in total. The van der Waals surface area contributed by atoms with Crippen LogP contribution < -0.4 is 10.5 Å². The Morgan fingerprint density at radius 1 is 1.62 bits per heavy atom. The minimum absolute atomic E-state index is 0.0669. The lowest BCUT2D eigenvalue weighted by Gasteiger charge is -2.07. The van der Waals surface area contributed by atoms with Crippen molar-refractivity contribution >= 4 is 22.6 Å². The van der Waals surface area contributed by atoms with Gasteiger partial charge in [-0.05, 0) is 35.1 Å². The van der Waals surface area contributed by atoms with Crippen LogP contribution in [-0.2, 0) is 6.42 Å². The van der Waals surface area contributed by atoms with E-state index in [2.05, 4.69) is 41.6 Å². The van der Waals surface area contributed by atoms with Gasteiger partial charge in [0.25, 0.3) is 0 Å². The molecule has 0 radical (unpaired) electrons. The van der Waals surface area contributed by atoms with Gasteiger partial charge in [-0.25, -0.2) is 0 Å². The van der Waals surface area contributed by atoms with E-state index in [0.717, 1.165) is 17.7 Å². The molecular formula is C10H12INO. The van der Waals surface area contributed by atoms with Crippen molar-refractivity contribution in [2.45, 2.75) is 19.4 Å². The number of rotatable bonds is 1. The zero-order valence-electron chi connectivity index (χ0n) is 7.51. The zero-order chi connectivity index (χ0) is 9.42. The number of halogens is 1. The highest BCUT2D eigenvalue weighted by Crippen LogP contribution is 2.36. The summed E-state index contributed by atoms with van der Waals surface area (Å²) in [5, 5.41) is 0. The van der Waals surface area contributed by atoms with Gasteiger partial charge in [0, 0.05) is 14.7 Å². The minimum Gasteiger partial charge on any atom is -0.491 e. The van der Waals surface area contributed by atoms with E-state index >= 15 is 0 Å². The van der Waals surface area contributed by atoms with Crippen LogP contribution in [0.3, 0.4) is 0 Å². The maximum absolute atomic E-state index is 5.89. The summed E-state index contributed by atoms with van der Waals surface area (Å²) in [6.45, 7) is 2.77. The molecule has 13 heavy (non-hydrogen) atoms. The van der Waals surface area contributed by atoms with E-state index in [4.69, 9.17) is 10.5 Å². The lowest BCUT2D eigenvalue weighted by atomic mass is 10.0. The van der Waals surface area contributed by atoms with Gasteiger partial charge in [0.1, 0.15) is 12.4 Å². The van der Waals surface area contributed by atoms with Gasteiger partial charge >= 0.3 is 0 Å². The molecule has 1 aliphatic rings. The fourth-order valence-corrected chi connectivity index (χ4v) is 2.48. The Morgan fingerprint density at radius 2 is 2.38 bits per heavy atom. The van der Waals surface area contributed by atoms with Crippen molar-refractivity contribution in [3.05, 3.63) is 26.8 Å². The second-order valence-electron chi connectivity index (χ2n) is 3.22. The van der Waals surface area contributed by atoms with Crippen LogP contribution in [0.1, 0.15) is 24.1 Å². The topological polar surface area (TPSA) is 35.2 Å². The average Bonchev–Trinajstić information content (AvgIpc) is 2.48. The SMILES string of the molecule is CCc1c(I)ccc2c1OCC2N. The van der Waals surface area contributed by atoms with Gasteiger partial charge in [-0.2, -0.15) is 0 Å². The van der Waals surface area contributed by atoms with Crippen molar-refractivity contribution in [2.24, 2.45) is 5.73 Å². The zero-order valence-corrected chi connectivity index (χ0v) is 9.67. The fraction of sp³-hybridized carbons (Fsp3) is 0.400. The molecule has 0 bridgehead atoms. The van der Waals surface area contributed by atoms with E-state index in [1.165, 1.54) is 9.13 Å². The highest BCUT2D eigenvalue weighted by Gasteiger charge is 2.23. The summed E-state index contributed by atoms with van der Waals surface area (Å²) in [4.78, 5) is 0. The third kappa shape index (κ3) is 1.44. The molecule has 70 valence electrons. The van der Waals surface area contributed by atoms with Gasteiger partial charge in [0.05, 0.1) is 6.04 Å². The molecule has 1 unspecified atom stereocenters. The number of hydrogen-bond donors (Lipinski definition) is 1. The Kier molecular flexibility index (Phi) is 2.47. The van der Waals surface area contributed by atoms with Gasteiger partial charge in [-0.1, -0.05) is 13.0 Å². The molecule has 3 heteroatoms. The van der Waals surface area contributed by atoms with Crippen LogP contribution in [0.15, 0.2) is 12.1 Å². The van der Waals surface area contributed by atoms with E-state index < -0.39 is 0 Å². The lowest BCUT2D eigenvalue weighted by molar-refractivity contribution is 0.330. The summed E-state index contributed by atoms with van der Waals surface area (Å²) in [6.07, 6.45) is 1.01. The predicted octanol–water partition coefficient (Wildman–Crippen LogP) is 2.25. The van der Waals surface area contributed by atoms with Gasteiger partial charge in [0.15, 0.2) is 0 Å². The molecule has 0 spiro atoms. The maximum atomic E-state index is 5.89. The molecule has 0 fully saturated rings. The second kappa shape index (κ2) is 3.46. The molecule has 1 aromatic rings. The lowest BCUT2D eigenvalue weighted by Crippen LogP contribution is -2.10. The van der Waals surface area contributed by atoms with Crippen molar-refractivity contribution < 1.29 is 4.74 Å². The van der Waals surface area contributed by atoms with Gasteiger partial charge in [-0.3, -0.25) is 0 Å². The van der Waals surface area contributed by atoms with E-state index in [0.29, 0.717) is 6.61 Å². The summed E-state index contributed by atoms with van der Waals surface area (Å²) in [5.41, 5.74) is 8.35. The molecule has 2 rings (SSSR count). The molecule has 0 amide bonds. The molecule has 0 aromatic heterocycles. The molecule has 0 saturated heterocycles. The second-order valence-corrected chi connectivity index (χ2v) is 4.38. The van der Waals surface area contributed by atoms with Crippen LogP contribution in [0, 0.1) is 3.57 Å². The first-order chi connectivity index (χ1) is 6.24. The third-order valence-corrected chi connectivity index (χ3v) is 3.40. The van der Waals surface area contributed by atoms with Crippen molar-refractivity contribution in [1.82, 2.24) is 0 Å². The fourth-order valence-electron chi connectivity index (χ4n) is 1.68. The summed E-state index contributed by atoms with van der Waals surface area (Å²) in [6, 6.07) is 4.26. The van der Waals surface area contributed by atoms with E-state index in [-0.39, 0.29) is 6.04 Å². The number of fused-ring (bicyclic) bond motifs is 1. The van der Waals surface area contributed by atoms with Gasteiger partial charge in [0.2, 0.25) is 0 Å². The molecule has 1 atom stereocenters. The molecule has 1 heterocycles. The van der Waals surface area contributed by atoms with Crippen LogP contribution in [0.5, 0.6) is 5.75 Å². The largest absolute Gasteiger partial charge is 0.491 e. The van der Waals surface area contributed by atoms with E-state index in [1.807, 2.05) is 0 Å². The number of ether oxygens (including phenoxy) is 1. The van der Waals surface area contributed by atoms with Gasteiger partial charge < -0.3 is 10.5 Å². The quantitative estimate of drug-likeness (QED) is 0.805. The third-order valence-electron chi connectivity index (χ3n) is 2.39. The molecule has 0 saturated carbocycles. The molecule has 1 aromatic carbocycles. The smallest absolute Gasteiger partial charge is 0.128 e. The molecular weight excluding hydrogens is 277 g/mol. The van der Waals surface area contributed by atoms with Crippen LogP contribution >= 0.6 is 22.6 Å². The van der Waals surface area contributed by atoms with Crippen LogP contribution in [-0.4, -0.2) is 6.61 Å². The summed E-state index contributed by atoms with van der Waals surface area (Å²) in [7, 11) is 0. The highest BCUT2D eigenvalue weighted by molar-refractivity contribution is 14.1. The van der Waals surface area contributed by atoms with Crippen molar-refractivity contribution in [3.8, 4) is 5.75 Å². The summed E-state index contributed by atoms with van der Waals surface area (Å²) < 4.78 is 6.86. The normalized spacial score (nSPS) is 19.8. The van der Waals surface area contributed by atoms with Crippen molar-refractivity contribution in [3.63, 3.8) is 0 Å². The Balaban J connectivity index is 2.57. The first kappa shape index (κ1) is 9.27. The molecule has 0 aliphatic carbocycles. The molecule has 2 nitrogen and oxygen atoms in total. The number of nitrogens with two attached hydrogens (primary N) is 1. The van der Waals surface area contributed by atoms with Crippen molar-refractivity contribution in [2.75, 3.05) is 6.61 Å². The Morgan fingerprint density at radius 3 is 3.08 bits per heavy atom. The average molecular weight is 289 g/mol. The standard InChI is InChI=1S/C10H12INO/c1-2-6-8(11)4-3-7-9(12)5-13-10(6)7/h3-4,9H,2,5,12H2,1H3.